The summed E-state index contributed by atoms with van der Waals surface area (Å²) < 4.78 is 2.93. The Bertz CT molecular complexity index is 1190. The molecule has 33 heavy (non-hydrogen) atoms. The monoisotopic (exact) mass is 528 g/mol. The van der Waals surface area contributed by atoms with Crippen LogP contribution < -0.4 is 5.43 Å². The van der Waals surface area contributed by atoms with E-state index < -0.39 is 4.92 Å². The Labute approximate surface area is 203 Å². The van der Waals surface area contributed by atoms with Gasteiger partial charge in [-0.1, -0.05) is 57.5 Å². The van der Waals surface area contributed by atoms with Crippen LogP contribution in [-0.4, -0.2) is 37.6 Å². The average Bonchev–Trinajstić information content (AvgIpc) is 3.19. The molecule has 0 saturated heterocycles. The fraction of sp³-hybridized carbons (Fsp3) is 0.182. The number of allylic oxidation sites excluding steroid dienone is 1. The van der Waals surface area contributed by atoms with E-state index in [2.05, 4.69) is 43.2 Å². The maximum absolute atomic E-state index is 12.3. The predicted molar refractivity (Wildman–Crippen MR) is 132 cm³/mol. The molecule has 0 saturated carbocycles. The molecule has 3 rings (SSSR count). The van der Waals surface area contributed by atoms with Crippen molar-refractivity contribution in [2.75, 3.05) is 5.75 Å². The zero-order valence-corrected chi connectivity index (χ0v) is 20.2. The molecule has 1 amide bonds. The first-order valence-electron chi connectivity index (χ1n) is 9.87. The molecule has 1 aromatic heterocycles. The standard InChI is InChI=1S/C22H21BrN6O3S/c1-15(2)11-12-28-21(16-7-9-18(23)10-8-16)26-27-22(28)33-14-20(30)25-24-13-17-5-3-4-6-19(17)29(31)32/h3-10,13H,1,11-12,14H2,2H3,(H,25,30). The number of rotatable bonds is 10. The number of hydrogen-bond donors (Lipinski definition) is 1. The van der Waals surface area contributed by atoms with E-state index in [1.807, 2.05) is 35.8 Å². The van der Waals surface area contributed by atoms with Gasteiger partial charge in [-0.05, 0) is 31.5 Å². The highest BCUT2D eigenvalue weighted by Gasteiger charge is 2.16. The summed E-state index contributed by atoms with van der Waals surface area (Å²) >= 11 is 4.67. The van der Waals surface area contributed by atoms with Gasteiger partial charge >= 0.3 is 0 Å². The minimum atomic E-state index is -0.500. The number of nitro groups is 1. The Morgan fingerprint density at radius 2 is 2.00 bits per heavy atom. The maximum Gasteiger partial charge on any atom is 0.278 e. The van der Waals surface area contributed by atoms with Crippen LogP contribution in [0.3, 0.4) is 0 Å². The lowest BCUT2D eigenvalue weighted by Crippen LogP contribution is -2.20. The summed E-state index contributed by atoms with van der Waals surface area (Å²) in [6.45, 7) is 6.55. The number of para-hydroxylation sites is 1. The van der Waals surface area contributed by atoms with Gasteiger partial charge in [0.2, 0.25) is 0 Å². The number of amides is 1. The van der Waals surface area contributed by atoms with E-state index in [-0.39, 0.29) is 17.3 Å². The van der Waals surface area contributed by atoms with Gasteiger partial charge in [-0.3, -0.25) is 14.9 Å². The van der Waals surface area contributed by atoms with Crippen LogP contribution in [0.25, 0.3) is 11.4 Å². The second-order valence-corrected chi connectivity index (χ2v) is 8.93. The molecule has 0 aliphatic heterocycles. The second-order valence-electron chi connectivity index (χ2n) is 7.07. The van der Waals surface area contributed by atoms with Crippen molar-refractivity contribution in [2.45, 2.75) is 25.0 Å². The smallest absolute Gasteiger partial charge is 0.278 e. The van der Waals surface area contributed by atoms with E-state index in [0.29, 0.717) is 23.1 Å². The average molecular weight is 529 g/mol. The molecule has 170 valence electrons. The van der Waals surface area contributed by atoms with E-state index in [0.717, 1.165) is 22.0 Å². The van der Waals surface area contributed by atoms with E-state index in [1.165, 1.54) is 24.0 Å². The van der Waals surface area contributed by atoms with Crippen molar-refractivity contribution in [1.29, 1.82) is 0 Å². The van der Waals surface area contributed by atoms with Crippen LogP contribution in [0.1, 0.15) is 18.9 Å². The van der Waals surface area contributed by atoms with Crippen molar-refractivity contribution in [3.63, 3.8) is 0 Å². The molecule has 0 aliphatic rings. The molecule has 0 unspecified atom stereocenters. The van der Waals surface area contributed by atoms with E-state index in [4.69, 9.17) is 0 Å². The van der Waals surface area contributed by atoms with Crippen LogP contribution in [0, 0.1) is 10.1 Å². The number of carbonyl (C=O) groups is 1. The third-order valence-electron chi connectivity index (χ3n) is 4.44. The molecule has 0 bridgehead atoms. The normalized spacial score (nSPS) is 11.0. The number of thioether (sulfide) groups is 1. The van der Waals surface area contributed by atoms with Gasteiger partial charge in [0.1, 0.15) is 0 Å². The Morgan fingerprint density at radius 1 is 1.27 bits per heavy atom. The van der Waals surface area contributed by atoms with Crippen LogP contribution in [-0.2, 0) is 11.3 Å². The van der Waals surface area contributed by atoms with Gasteiger partial charge in [-0.15, -0.1) is 16.8 Å². The van der Waals surface area contributed by atoms with Crippen molar-refractivity contribution in [1.82, 2.24) is 20.2 Å². The first kappa shape index (κ1) is 24.3. The van der Waals surface area contributed by atoms with Gasteiger partial charge in [-0.2, -0.15) is 5.10 Å². The summed E-state index contributed by atoms with van der Waals surface area (Å²) in [5.41, 5.74) is 4.55. The molecule has 0 spiro atoms. The molecule has 3 aromatic rings. The third kappa shape index (κ3) is 6.83. The van der Waals surface area contributed by atoms with Gasteiger partial charge in [0.05, 0.1) is 22.5 Å². The molecule has 11 heteroatoms. The number of carbonyl (C=O) groups excluding carboxylic acids is 1. The van der Waals surface area contributed by atoms with Crippen LogP contribution >= 0.6 is 27.7 Å². The summed E-state index contributed by atoms with van der Waals surface area (Å²) in [5, 5.41) is 24.1. The van der Waals surface area contributed by atoms with Crippen molar-refractivity contribution in [3.05, 3.63) is 80.8 Å². The van der Waals surface area contributed by atoms with Crippen molar-refractivity contribution >= 4 is 45.5 Å². The Hall–Kier alpha value is -3.31. The van der Waals surface area contributed by atoms with Gasteiger partial charge in [-0.25, -0.2) is 5.43 Å². The number of nitrogens with one attached hydrogen (secondary N) is 1. The SMILES string of the molecule is C=C(C)CCn1c(SCC(=O)NN=Cc2ccccc2[N+](=O)[O-])nnc1-c1ccc(Br)cc1. The van der Waals surface area contributed by atoms with Gasteiger partial charge < -0.3 is 4.57 Å². The summed E-state index contributed by atoms with van der Waals surface area (Å²) in [5.74, 6) is 0.398. The largest absolute Gasteiger partial charge is 0.302 e. The molecule has 1 N–H and O–H groups in total. The number of hydrazone groups is 1. The zero-order valence-electron chi connectivity index (χ0n) is 17.8. The number of nitrogens with zero attached hydrogens (tertiary/aromatic N) is 5. The highest BCUT2D eigenvalue weighted by molar-refractivity contribution is 9.10. The Kier molecular flexibility index (Phi) is 8.50. The molecule has 9 nitrogen and oxygen atoms in total. The van der Waals surface area contributed by atoms with Crippen LogP contribution in [0.15, 0.2) is 75.4 Å². The molecule has 0 atom stereocenters. The fourth-order valence-corrected chi connectivity index (χ4v) is 3.83. The molecular formula is C22H21BrN6O3S. The molecular weight excluding hydrogens is 508 g/mol. The number of aromatic nitrogens is 3. The van der Waals surface area contributed by atoms with Crippen molar-refractivity contribution < 1.29 is 9.72 Å². The van der Waals surface area contributed by atoms with Crippen molar-refractivity contribution in [2.24, 2.45) is 5.10 Å². The van der Waals surface area contributed by atoms with Crippen LogP contribution in [0.4, 0.5) is 5.69 Å². The lowest BCUT2D eigenvalue weighted by Gasteiger charge is -2.10. The lowest BCUT2D eigenvalue weighted by molar-refractivity contribution is -0.385. The number of halogens is 1. The number of hydrogen-bond acceptors (Lipinski definition) is 7. The van der Waals surface area contributed by atoms with E-state index in [9.17, 15) is 14.9 Å². The summed E-state index contributed by atoms with van der Waals surface area (Å²) in [7, 11) is 0. The van der Waals surface area contributed by atoms with Gasteiger partial charge in [0.15, 0.2) is 11.0 Å². The predicted octanol–water partition coefficient (Wildman–Crippen LogP) is 4.82. The van der Waals surface area contributed by atoms with Crippen molar-refractivity contribution in [3.8, 4) is 11.4 Å². The molecule has 0 radical (unpaired) electrons. The van der Waals surface area contributed by atoms with Crippen LogP contribution in [0.5, 0.6) is 0 Å². The topological polar surface area (TPSA) is 115 Å². The molecule has 0 aliphatic carbocycles. The summed E-state index contributed by atoms with van der Waals surface area (Å²) in [6.07, 6.45) is 2.00. The van der Waals surface area contributed by atoms with Crippen LogP contribution in [0.2, 0.25) is 0 Å². The zero-order chi connectivity index (χ0) is 23.8. The molecule has 0 fully saturated rings. The second kappa shape index (κ2) is 11.5. The van der Waals surface area contributed by atoms with Gasteiger partial charge in [0.25, 0.3) is 11.6 Å². The Balaban J connectivity index is 1.67. The highest BCUT2D eigenvalue weighted by Crippen LogP contribution is 2.26. The van der Waals surface area contributed by atoms with E-state index in [1.54, 1.807) is 18.2 Å². The minimum Gasteiger partial charge on any atom is -0.302 e. The quantitative estimate of drug-likeness (QED) is 0.132. The molecule has 1 heterocycles. The first-order valence-corrected chi connectivity index (χ1v) is 11.6. The van der Waals surface area contributed by atoms with E-state index >= 15 is 0 Å². The molecule has 2 aromatic carbocycles. The number of nitro benzene ring substituents is 1. The first-order chi connectivity index (χ1) is 15.8. The maximum atomic E-state index is 12.3. The lowest BCUT2D eigenvalue weighted by atomic mass is 10.2. The summed E-state index contributed by atoms with van der Waals surface area (Å²) in [4.78, 5) is 22.8. The highest BCUT2D eigenvalue weighted by atomic mass is 79.9. The fourth-order valence-electron chi connectivity index (χ4n) is 2.81. The Morgan fingerprint density at radius 3 is 2.70 bits per heavy atom. The third-order valence-corrected chi connectivity index (χ3v) is 5.94. The van der Waals surface area contributed by atoms with Gasteiger partial charge in [0, 0.05) is 22.6 Å². The number of benzene rings is 2. The minimum absolute atomic E-state index is 0.0553. The summed E-state index contributed by atoms with van der Waals surface area (Å²) in [6, 6.07) is 13.9.